The Kier molecular flexibility index (Phi) is 6.64. The van der Waals surface area contributed by atoms with Crippen LogP contribution in [0, 0.1) is 17.7 Å². The summed E-state index contributed by atoms with van der Waals surface area (Å²) in [5.74, 6) is -1.48. The summed E-state index contributed by atoms with van der Waals surface area (Å²) in [5, 5.41) is 11.8. The number of hydrogen-bond donors (Lipinski definition) is 1. The smallest absolute Gasteiger partial charge is 0.195 e. The fourth-order valence-electron chi connectivity index (χ4n) is 5.10. The molecule has 2 saturated heterocycles. The minimum absolute atomic E-state index is 0.0241. The number of rotatable bonds is 5. The second-order valence-electron chi connectivity index (χ2n) is 9.51. The monoisotopic (exact) mass is 478 g/mol. The first-order valence-corrected chi connectivity index (χ1v) is 12.0. The molecule has 6 heteroatoms. The lowest BCUT2D eigenvalue weighted by molar-refractivity contribution is -0.380. The van der Waals surface area contributed by atoms with Crippen molar-refractivity contribution in [3.63, 3.8) is 0 Å². The van der Waals surface area contributed by atoms with Crippen LogP contribution in [0.4, 0.5) is 4.39 Å². The Morgan fingerprint density at radius 3 is 2.49 bits per heavy atom. The van der Waals surface area contributed by atoms with E-state index in [9.17, 15) is 9.50 Å². The highest BCUT2D eigenvalue weighted by Gasteiger charge is 2.53. The van der Waals surface area contributed by atoms with Crippen molar-refractivity contribution in [2.24, 2.45) is 11.8 Å². The van der Waals surface area contributed by atoms with Crippen molar-refractivity contribution in [1.29, 1.82) is 0 Å². The van der Waals surface area contributed by atoms with Crippen molar-refractivity contribution >= 4 is 0 Å². The van der Waals surface area contributed by atoms with Crippen LogP contribution < -0.4 is 4.74 Å². The maximum atomic E-state index is 14.8. The molecule has 0 bridgehead atoms. The highest BCUT2D eigenvalue weighted by molar-refractivity contribution is 5.35. The molecule has 0 radical (unpaired) electrons. The molecule has 0 aromatic heterocycles. The van der Waals surface area contributed by atoms with Gasteiger partial charge in [-0.05, 0) is 41.3 Å². The summed E-state index contributed by atoms with van der Waals surface area (Å²) in [6.07, 6.45) is -0.755. The van der Waals surface area contributed by atoms with Gasteiger partial charge in [-0.2, -0.15) is 0 Å². The van der Waals surface area contributed by atoms with E-state index in [0.717, 1.165) is 16.9 Å². The second-order valence-corrected chi connectivity index (χ2v) is 9.51. The minimum Gasteiger partial charge on any atom is -0.497 e. The van der Waals surface area contributed by atoms with Crippen molar-refractivity contribution < 1.29 is 28.4 Å². The Labute approximate surface area is 205 Å². The molecule has 0 spiro atoms. The topological polar surface area (TPSA) is 57.2 Å². The van der Waals surface area contributed by atoms with Crippen LogP contribution in [0.2, 0.25) is 0 Å². The number of aliphatic hydroxyl groups is 1. The Morgan fingerprint density at radius 1 is 1.03 bits per heavy atom. The standard InChI is InChI=1S/C29H31FO5/c1-18-19(2)29(31,35-26-17-33-28(34-27(18)26)21-7-5-4-6-8-21)23-11-14-25(30)22(16-23)15-20-9-12-24(32-3)13-10-20/h4-14,16,18-19,26-28,31H,15,17H2,1-3H3. The molecule has 3 aromatic carbocycles. The number of halogens is 1. The molecule has 2 aliphatic rings. The Bertz CT molecular complexity index is 1150. The largest absolute Gasteiger partial charge is 0.497 e. The van der Waals surface area contributed by atoms with Gasteiger partial charge in [0.25, 0.3) is 0 Å². The average molecular weight is 479 g/mol. The zero-order valence-corrected chi connectivity index (χ0v) is 20.2. The van der Waals surface area contributed by atoms with Gasteiger partial charge in [0.05, 0.1) is 19.8 Å². The van der Waals surface area contributed by atoms with Crippen molar-refractivity contribution in [3.8, 4) is 5.75 Å². The molecule has 0 saturated carbocycles. The van der Waals surface area contributed by atoms with Crippen LogP contribution in [0.3, 0.4) is 0 Å². The predicted molar refractivity (Wildman–Crippen MR) is 129 cm³/mol. The van der Waals surface area contributed by atoms with Gasteiger partial charge in [-0.25, -0.2) is 4.39 Å². The third-order valence-corrected chi connectivity index (χ3v) is 7.40. The van der Waals surface area contributed by atoms with E-state index >= 15 is 0 Å². The minimum atomic E-state index is -1.59. The number of hydrogen-bond acceptors (Lipinski definition) is 5. The molecular formula is C29H31FO5. The van der Waals surface area contributed by atoms with Gasteiger partial charge in [-0.1, -0.05) is 62.4 Å². The van der Waals surface area contributed by atoms with Gasteiger partial charge < -0.3 is 24.1 Å². The highest BCUT2D eigenvalue weighted by Crippen LogP contribution is 2.47. The lowest BCUT2D eigenvalue weighted by Gasteiger charge is -2.52. The second kappa shape index (κ2) is 9.70. The van der Waals surface area contributed by atoms with Crippen LogP contribution in [0.1, 0.15) is 42.4 Å². The maximum Gasteiger partial charge on any atom is 0.195 e. The van der Waals surface area contributed by atoms with Gasteiger partial charge in [-0.3, -0.25) is 0 Å². The van der Waals surface area contributed by atoms with E-state index in [-0.39, 0.29) is 23.8 Å². The fourth-order valence-corrected chi connectivity index (χ4v) is 5.10. The van der Waals surface area contributed by atoms with Gasteiger partial charge >= 0.3 is 0 Å². The molecule has 2 heterocycles. The number of methoxy groups -OCH3 is 1. The molecule has 6 unspecified atom stereocenters. The third kappa shape index (κ3) is 4.59. The zero-order chi connectivity index (χ0) is 24.6. The number of fused-ring (bicyclic) bond motifs is 1. The van der Waals surface area contributed by atoms with E-state index in [1.165, 1.54) is 6.07 Å². The van der Waals surface area contributed by atoms with Crippen LogP contribution in [0.5, 0.6) is 5.75 Å². The molecule has 184 valence electrons. The van der Waals surface area contributed by atoms with E-state index in [1.807, 2.05) is 61.5 Å². The number of benzene rings is 3. The van der Waals surface area contributed by atoms with E-state index in [2.05, 4.69) is 6.92 Å². The van der Waals surface area contributed by atoms with E-state index in [1.54, 1.807) is 19.2 Å². The first-order valence-electron chi connectivity index (χ1n) is 12.0. The first-order chi connectivity index (χ1) is 16.9. The van der Waals surface area contributed by atoms with Crippen LogP contribution in [0.25, 0.3) is 0 Å². The third-order valence-electron chi connectivity index (χ3n) is 7.40. The van der Waals surface area contributed by atoms with Crippen molar-refractivity contribution in [1.82, 2.24) is 0 Å². The summed E-state index contributed by atoms with van der Waals surface area (Å²) in [6.45, 7) is 4.30. The van der Waals surface area contributed by atoms with Crippen LogP contribution in [0.15, 0.2) is 72.8 Å². The zero-order valence-electron chi connectivity index (χ0n) is 20.2. The van der Waals surface area contributed by atoms with Gasteiger partial charge in [-0.15, -0.1) is 0 Å². The molecule has 0 amide bonds. The van der Waals surface area contributed by atoms with Gasteiger partial charge in [0.1, 0.15) is 17.7 Å². The van der Waals surface area contributed by atoms with Gasteiger partial charge in [0, 0.05) is 23.5 Å². The quantitative estimate of drug-likeness (QED) is 0.535. The average Bonchev–Trinajstić information content (AvgIpc) is 2.89. The summed E-state index contributed by atoms with van der Waals surface area (Å²) in [6, 6.07) is 22.0. The van der Waals surface area contributed by atoms with E-state index in [0.29, 0.717) is 24.2 Å². The molecule has 5 rings (SSSR count). The molecule has 5 nitrogen and oxygen atoms in total. The first kappa shape index (κ1) is 23.9. The predicted octanol–water partition coefficient (Wildman–Crippen LogP) is 5.36. The lowest BCUT2D eigenvalue weighted by atomic mass is 9.76. The summed E-state index contributed by atoms with van der Waals surface area (Å²) >= 11 is 0. The highest BCUT2D eigenvalue weighted by atomic mass is 19.1. The normalized spacial score (nSPS) is 30.5. The molecular weight excluding hydrogens is 447 g/mol. The summed E-state index contributed by atoms with van der Waals surface area (Å²) in [5.41, 5.74) is 2.92. The maximum absolute atomic E-state index is 14.8. The summed E-state index contributed by atoms with van der Waals surface area (Å²) < 4.78 is 38.5. The van der Waals surface area contributed by atoms with Crippen LogP contribution in [-0.2, 0) is 26.4 Å². The van der Waals surface area contributed by atoms with Gasteiger partial charge in [0.15, 0.2) is 12.1 Å². The van der Waals surface area contributed by atoms with Crippen LogP contribution >= 0.6 is 0 Å². The summed E-state index contributed by atoms with van der Waals surface area (Å²) in [4.78, 5) is 0. The molecule has 0 aliphatic carbocycles. The van der Waals surface area contributed by atoms with Crippen molar-refractivity contribution in [2.75, 3.05) is 13.7 Å². The summed E-state index contributed by atoms with van der Waals surface area (Å²) in [7, 11) is 1.61. The van der Waals surface area contributed by atoms with E-state index < -0.39 is 18.2 Å². The van der Waals surface area contributed by atoms with Gasteiger partial charge in [0.2, 0.25) is 0 Å². The Morgan fingerprint density at radius 2 is 1.77 bits per heavy atom. The SMILES string of the molecule is COc1ccc(Cc2cc(C3(O)OC4COC(c5ccccc5)OC4C(C)C3C)ccc2F)cc1. The fraction of sp³-hybridized carbons (Fsp3) is 0.379. The van der Waals surface area contributed by atoms with Crippen molar-refractivity contribution in [3.05, 3.63) is 101 Å². The number of ether oxygens (including phenoxy) is 4. The molecule has 1 N–H and O–H groups in total. The molecule has 6 atom stereocenters. The molecule has 2 aliphatic heterocycles. The molecule has 3 aromatic rings. The van der Waals surface area contributed by atoms with Crippen molar-refractivity contribution in [2.45, 2.75) is 44.6 Å². The molecule has 35 heavy (non-hydrogen) atoms. The lowest BCUT2D eigenvalue weighted by Crippen LogP contribution is -2.59. The Balaban J connectivity index is 1.38. The van der Waals surface area contributed by atoms with E-state index in [4.69, 9.17) is 18.9 Å². The Hall–Kier alpha value is -2.77. The molecule has 2 fully saturated rings. The van der Waals surface area contributed by atoms with Crippen LogP contribution in [-0.4, -0.2) is 31.0 Å².